The SMILES string of the molecule is COc1ccccc1C1CNCCN1Cc1cccc(-c2ccncc2)c1. The normalized spacial score (nSPS) is 17.6. The van der Waals surface area contributed by atoms with Crippen LogP contribution in [0.2, 0.25) is 0 Å². The van der Waals surface area contributed by atoms with Crippen LogP contribution in [0.15, 0.2) is 73.1 Å². The first-order valence-corrected chi connectivity index (χ1v) is 9.42. The lowest BCUT2D eigenvalue weighted by molar-refractivity contribution is 0.151. The van der Waals surface area contributed by atoms with Crippen LogP contribution in [0.4, 0.5) is 0 Å². The molecule has 4 rings (SSSR count). The predicted molar refractivity (Wildman–Crippen MR) is 109 cm³/mol. The molecule has 0 bridgehead atoms. The van der Waals surface area contributed by atoms with Crippen LogP contribution < -0.4 is 10.1 Å². The second-order valence-corrected chi connectivity index (χ2v) is 6.87. The zero-order chi connectivity index (χ0) is 18.5. The molecule has 0 radical (unpaired) electrons. The maximum absolute atomic E-state index is 5.61. The molecule has 2 aromatic carbocycles. The number of benzene rings is 2. The first-order valence-electron chi connectivity index (χ1n) is 9.42. The molecular weight excluding hydrogens is 334 g/mol. The number of aromatic nitrogens is 1. The minimum absolute atomic E-state index is 0.305. The van der Waals surface area contributed by atoms with Gasteiger partial charge in [0.25, 0.3) is 0 Å². The first-order chi connectivity index (χ1) is 13.3. The first kappa shape index (κ1) is 17.7. The van der Waals surface area contributed by atoms with E-state index < -0.39 is 0 Å². The molecule has 0 aliphatic carbocycles. The summed E-state index contributed by atoms with van der Waals surface area (Å²) in [6, 6.07) is 21.6. The number of hydrogen-bond donors (Lipinski definition) is 1. The van der Waals surface area contributed by atoms with Crippen molar-refractivity contribution in [1.82, 2.24) is 15.2 Å². The van der Waals surface area contributed by atoms with Gasteiger partial charge in [-0.05, 0) is 41.0 Å². The van der Waals surface area contributed by atoms with E-state index in [2.05, 4.69) is 63.7 Å². The van der Waals surface area contributed by atoms with Crippen LogP contribution in [0.3, 0.4) is 0 Å². The minimum Gasteiger partial charge on any atom is -0.496 e. The Morgan fingerprint density at radius 2 is 1.89 bits per heavy atom. The third-order valence-electron chi connectivity index (χ3n) is 5.18. The fourth-order valence-corrected chi connectivity index (χ4v) is 3.81. The summed E-state index contributed by atoms with van der Waals surface area (Å²) in [5, 5.41) is 3.53. The third-order valence-corrected chi connectivity index (χ3v) is 5.18. The Balaban J connectivity index is 1.59. The summed E-state index contributed by atoms with van der Waals surface area (Å²) in [7, 11) is 1.75. The van der Waals surface area contributed by atoms with Crippen LogP contribution in [-0.4, -0.2) is 36.6 Å². The minimum atomic E-state index is 0.305. The van der Waals surface area contributed by atoms with E-state index in [9.17, 15) is 0 Å². The van der Waals surface area contributed by atoms with Gasteiger partial charge in [-0.25, -0.2) is 0 Å². The molecule has 0 saturated carbocycles. The molecule has 1 unspecified atom stereocenters. The van der Waals surface area contributed by atoms with E-state index in [1.54, 1.807) is 7.11 Å². The average molecular weight is 359 g/mol. The lowest BCUT2D eigenvalue weighted by atomic mass is 10.00. The third kappa shape index (κ3) is 4.02. The molecular formula is C23H25N3O. The molecule has 2 heterocycles. The van der Waals surface area contributed by atoms with Gasteiger partial charge in [-0.2, -0.15) is 0 Å². The molecule has 27 heavy (non-hydrogen) atoms. The molecule has 0 amide bonds. The van der Waals surface area contributed by atoms with Crippen LogP contribution in [0.5, 0.6) is 5.75 Å². The molecule has 1 aliphatic rings. The van der Waals surface area contributed by atoms with E-state index in [1.807, 2.05) is 24.5 Å². The lowest BCUT2D eigenvalue weighted by Crippen LogP contribution is -2.45. The number of nitrogens with zero attached hydrogens (tertiary/aromatic N) is 2. The van der Waals surface area contributed by atoms with E-state index in [-0.39, 0.29) is 0 Å². The molecule has 1 atom stereocenters. The lowest BCUT2D eigenvalue weighted by Gasteiger charge is -2.37. The molecule has 0 spiro atoms. The Morgan fingerprint density at radius 3 is 2.74 bits per heavy atom. The van der Waals surface area contributed by atoms with Crippen LogP contribution in [0, 0.1) is 0 Å². The van der Waals surface area contributed by atoms with Crippen LogP contribution in [0.25, 0.3) is 11.1 Å². The number of nitrogens with one attached hydrogen (secondary N) is 1. The summed E-state index contributed by atoms with van der Waals surface area (Å²) in [6.07, 6.45) is 3.69. The number of rotatable bonds is 5. The van der Waals surface area contributed by atoms with Gasteiger partial charge >= 0.3 is 0 Å². The van der Waals surface area contributed by atoms with E-state index >= 15 is 0 Å². The van der Waals surface area contributed by atoms with Crippen LogP contribution in [0.1, 0.15) is 17.2 Å². The Kier molecular flexibility index (Phi) is 5.47. The van der Waals surface area contributed by atoms with E-state index in [0.717, 1.165) is 31.9 Å². The second kappa shape index (κ2) is 8.33. The Labute approximate surface area is 160 Å². The zero-order valence-electron chi connectivity index (χ0n) is 15.6. The van der Waals surface area contributed by atoms with Crippen molar-refractivity contribution >= 4 is 0 Å². The monoisotopic (exact) mass is 359 g/mol. The Morgan fingerprint density at radius 1 is 1.04 bits per heavy atom. The molecule has 1 aliphatic heterocycles. The van der Waals surface area contributed by atoms with Crippen molar-refractivity contribution in [3.05, 3.63) is 84.2 Å². The second-order valence-electron chi connectivity index (χ2n) is 6.87. The van der Waals surface area contributed by atoms with Gasteiger partial charge in [0.2, 0.25) is 0 Å². The van der Waals surface area contributed by atoms with Crippen molar-refractivity contribution in [3.63, 3.8) is 0 Å². The van der Waals surface area contributed by atoms with Gasteiger partial charge in [0.1, 0.15) is 5.75 Å². The topological polar surface area (TPSA) is 37.4 Å². The number of methoxy groups -OCH3 is 1. The molecule has 3 aromatic rings. The predicted octanol–water partition coefficient (Wildman–Crippen LogP) is 3.90. The summed E-state index contributed by atoms with van der Waals surface area (Å²) in [5.74, 6) is 0.960. The summed E-state index contributed by atoms with van der Waals surface area (Å²) in [5.41, 5.74) is 5.01. The number of hydrogen-bond acceptors (Lipinski definition) is 4. The van der Waals surface area contributed by atoms with Gasteiger partial charge in [0.15, 0.2) is 0 Å². The van der Waals surface area contributed by atoms with Crippen molar-refractivity contribution < 1.29 is 4.74 Å². The number of para-hydroxylation sites is 1. The Bertz CT molecular complexity index is 882. The quantitative estimate of drug-likeness (QED) is 0.750. The van der Waals surface area contributed by atoms with Crippen molar-refractivity contribution in [2.45, 2.75) is 12.6 Å². The standard InChI is InChI=1S/C23H25N3O/c1-27-23-8-3-2-7-21(23)22-16-25-13-14-26(22)17-18-5-4-6-20(15-18)19-9-11-24-12-10-19/h2-12,15,22,25H,13-14,16-17H2,1H3. The van der Waals surface area contributed by atoms with Crippen molar-refractivity contribution in [2.24, 2.45) is 0 Å². The highest BCUT2D eigenvalue weighted by Gasteiger charge is 2.26. The van der Waals surface area contributed by atoms with E-state index in [0.29, 0.717) is 6.04 Å². The van der Waals surface area contributed by atoms with Gasteiger partial charge in [-0.1, -0.05) is 36.4 Å². The average Bonchev–Trinajstić information content (AvgIpc) is 2.75. The van der Waals surface area contributed by atoms with Gasteiger partial charge in [0, 0.05) is 44.1 Å². The fourth-order valence-electron chi connectivity index (χ4n) is 3.81. The molecule has 138 valence electrons. The highest BCUT2D eigenvalue weighted by Crippen LogP contribution is 2.31. The maximum atomic E-state index is 5.61. The molecule has 1 aromatic heterocycles. The summed E-state index contributed by atoms with van der Waals surface area (Å²) < 4.78 is 5.61. The molecule has 1 N–H and O–H groups in total. The van der Waals surface area contributed by atoms with Crippen molar-refractivity contribution in [1.29, 1.82) is 0 Å². The van der Waals surface area contributed by atoms with Crippen molar-refractivity contribution in [2.75, 3.05) is 26.7 Å². The van der Waals surface area contributed by atoms with E-state index in [1.165, 1.54) is 22.3 Å². The molecule has 4 nitrogen and oxygen atoms in total. The van der Waals surface area contributed by atoms with Crippen molar-refractivity contribution in [3.8, 4) is 16.9 Å². The summed E-state index contributed by atoms with van der Waals surface area (Å²) >= 11 is 0. The van der Waals surface area contributed by atoms with Crippen LogP contribution in [-0.2, 0) is 6.54 Å². The summed E-state index contributed by atoms with van der Waals surface area (Å²) in [6.45, 7) is 3.88. The highest BCUT2D eigenvalue weighted by molar-refractivity contribution is 5.63. The van der Waals surface area contributed by atoms with Gasteiger partial charge in [-0.3, -0.25) is 9.88 Å². The smallest absolute Gasteiger partial charge is 0.123 e. The number of pyridine rings is 1. The van der Waals surface area contributed by atoms with Gasteiger partial charge in [-0.15, -0.1) is 0 Å². The Hall–Kier alpha value is -2.69. The zero-order valence-corrected chi connectivity index (χ0v) is 15.6. The van der Waals surface area contributed by atoms with Crippen LogP contribution >= 0.6 is 0 Å². The highest BCUT2D eigenvalue weighted by atomic mass is 16.5. The molecule has 4 heteroatoms. The number of piperazine rings is 1. The summed E-state index contributed by atoms with van der Waals surface area (Å²) in [4.78, 5) is 6.66. The molecule has 1 fully saturated rings. The number of ether oxygens (including phenoxy) is 1. The van der Waals surface area contributed by atoms with Gasteiger partial charge < -0.3 is 10.1 Å². The molecule has 1 saturated heterocycles. The fraction of sp³-hybridized carbons (Fsp3) is 0.261. The van der Waals surface area contributed by atoms with Gasteiger partial charge in [0.05, 0.1) is 13.2 Å². The van der Waals surface area contributed by atoms with E-state index in [4.69, 9.17) is 4.74 Å². The maximum Gasteiger partial charge on any atom is 0.123 e. The largest absolute Gasteiger partial charge is 0.496 e.